The number of anilines is 1. The lowest BCUT2D eigenvalue weighted by atomic mass is 10.1. The lowest BCUT2D eigenvalue weighted by Gasteiger charge is -2.32. The van der Waals surface area contributed by atoms with Gasteiger partial charge in [0.2, 0.25) is 11.8 Å². The van der Waals surface area contributed by atoms with Gasteiger partial charge in [-0.1, -0.05) is 23.7 Å². The number of ether oxygens (including phenoxy) is 2. The van der Waals surface area contributed by atoms with Crippen molar-refractivity contribution in [3.63, 3.8) is 0 Å². The van der Waals surface area contributed by atoms with Gasteiger partial charge in [-0.2, -0.15) is 0 Å². The van der Waals surface area contributed by atoms with E-state index < -0.39 is 28.5 Å². The van der Waals surface area contributed by atoms with Crippen molar-refractivity contribution in [3.8, 4) is 11.5 Å². The summed E-state index contributed by atoms with van der Waals surface area (Å²) in [5.74, 6) is 0.220. The number of amides is 2. The highest BCUT2D eigenvalue weighted by atomic mass is 35.5. The minimum absolute atomic E-state index is 0.0247. The fourth-order valence-corrected chi connectivity index (χ4v) is 5.47. The summed E-state index contributed by atoms with van der Waals surface area (Å²) in [6, 6.07) is 18.1. The number of hydrogen-bond donors (Lipinski definition) is 1. The first-order chi connectivity index (χ1) is 19.0. The highest BCUT2D eigenvalue weighted by Gasteiger charge is 2.32. The summed E-state index contributed by atoms with van der Waals surface area (Å²) >= 11 is 6.06. The van der Waals surface area contributed by atoms with E-state index in [-0.39, 0.29) is 29.1 Å². The molecule has 1 atom stereocenters. The van der Waals surface area contributed by atoms with Crippen LogP contribution in [0.25, 0.3) is 0 Å². The third-order valence-electron chi connectivity index (χ3n) is 6.15. The molecule has 11 heteroatoms. The highest BCUT2D eigenvalue weighted by Crippen LogP contribution is 2.27. The summed E-state index contributed by atoms with van der Waals surface area (Å²) in [4.78, 5) is 28.2. The van der Waals surface area contributed by atoms with Crippen molar-refractivity contribution >= 4 is 39.1 Å². The van der Waals surface area contributed by atoms with Crippen molar-refractivity contribution in [2.45, 2.75) is 44.3 Å². The fraction of sp³-hybridized carbons (Fsp3) is 0.310. The van der Waals surface area contributed by atoms with Crippen molar-refractivity contribution in [2.24, 2.45) is 0 Å². The second-order valence-electron chi connectivity index (χ2n) is 9.37. The number of carbonyl (C=O) groups is 2. The molecule has 0 spiro atoms. The van der Waals surface area contributed by atoms with Gasteiger partial charge >= 0.3 is 0 Å². The SMILES string of the molecule is COc1ccc(CN(C(=O)CN(c2ccc(Cl)cc2)S(=O)(=O)c2ccc(OC)cc2)[C@H](C)C(=O)NC(C)C)cc1. The van der Waals surface area contributed by atoms with Crippen LogP contribution in [0.15, 0.2) is 77.7 Å². The van der Waals surface area contributed by atoms with Gasteiger partial charge in [0.1, 0.15) is 24.1 Å². The van der Waals surface area contributed by atoms with Gasteiger partial charge in [0.05, 0.1) is 24.8 Å². The first-order valence-electron chi connectivity index (χ1n) is 12.6. The van der Waals surface area contributed by atoms with Crippen molar-refractivity contribution in [2.75, 3.05) is 25.1 Å². The molecule has 3 aromatic carbocycles. The Labute approximate surface area is 240 Å². The maximum absolute atomic E-state index is 13.9. The van der Waals surface area contributed by atoms with Crippen molar-refractivity contribution in [1.29, 1.82) is 0 Å². The molecule has 0 heterocycles. The van der Waals surface area contributed by atoms with Crippen LogP contribution in [0.2, 0.25) is 5.02 Å². The third-order valence-corrected chi connectivity index (χ3v) is 8.19. The summed E-state index contributed by atoms with van der Waals surface area (Å²) in [5, 5.41) is 3.24. The predicted octanol–water partition coefficient (Wildman–Crippen LogP) is 4.49. The molecule has 0 aliphatic rings. The van der Waals surface area contributed by atoms with E-state index >= 15 is 0 Å². The topological polar surface area (TPSA) is 105 Å². The van der Waals surface area contributed by atoms with E-state index in [0.717, 1.165) is 9.87 Å². The number of nitrogens with zero attached hydrogens (tertiary/aromatic N) is 2. The second-order valence-corrected chi connectivity index (χ2v) is 11.7. The number of methoxy groups -OCH3 is 2. The van der Waals surface area contributed by atoms with Crippen LogP contribution in [0.3, 0.4) is 0 Å². The maximum Gasteiger partial charge on any atom is 0.264 e. The third kappa shape index (κ3) is 7.67. The van der Waals surface area contributed by atoms with Crippen LogP contribution in [-0.2, 0) is 26.2 Å². The first kappa shape index (κ1) is 30.8. The quantitative estimate of drug-likeness (QED) is 0.335. The second kappa shape index (κ2) is 13.5. The molecular weight excluding hydrogens is 554 g/mol. The van der Waals surface area contributed by atoms with E-state index in [0.29, 0.717) is 16.5 Å². The van der Waals surface area contributed by atoms with E-state index in [4.69, 9.17) is 21.1 Å². The molecule has 0 radical (unpaired) electrons. The summed E-state index contributed by atoms with van der Waals surface area (Å²) in [6.45, 7) is 4.79. The van der Waals surface area contributed by atoms with Gasteiger partial charge in [0.25, 0.3) is 10.0 Å². The van der Waals surface area contributed by atoms with Crippen LogP contribution in [0, 0.1) is 0 Å². The molecular formula is C29H34ClN3O6S. The standard InChI is InChI=1S/C29H34ClN3O6S/c1-20(2)31-29(35)21(3)32(18-22-6-12-25(38-4)13-7-22)28(34)19-33(24-10-8-23(30)9-11-24)40(36,37)27-16-14-26(39-5)15-17-27/h6-17,20-21H,18-19H2,1-5H3,(H,31,35)/t21-/m1/s1. The summed E-state index contributed by atoms with van der Waals surface area (Å²) in [6.07, 6.45) is 0. The molecule has 1 N–H and O–H groups in total. The molecule has 0 aliphatic heterocycles. The highest BCUT2D eigenvalue weighted by molar-refractivity contribution is 7.92. The number of halogens is 1. The Morgan fingerprint density at radius 3 is 1.88 bits per heavy atom. The zero-order valence-electron chi connectivity index (χ0n) is 23.1. The Bertz CT molecular complexity index is 1400. The Morgan fingerprint density at radius 2 is 1.38 bits per heavy atom. The van der Waals surface area contributed by atoms with Crippen LogP contribution in [0.1, 0.15) is 26.3 Å². The molecule has 3 aromatic rings. The van der Waals surface area contributed by atoms with E-state index in [1.54, 1.807) is 50.4 Å². The van der Waals surface area contributed by atoms with Crippen LogP contribution in [0.4, 0.5) is 5.69 Å². The molecule has 0 fully saturated rings. The molecule has 0 aliphatic carbocycles. The average Bonchev–Trinajstić information content (AvgIpc) is 2.94. The fourth-order valence-electron chi connectivity index (χ4n) is 3.93. The normalized spacial score (nSPS) is 12.0. The van der Waals surface area contributed by atoms with Gasteiger partial charge in [-0.15, -0.1) is 0 Å². The summed E-state index contributed by atoms with van der Waals surface area (Å²) in [7, 11) is -1.16. The zero-order valence-corrected chi connectivity index (χ0v) is 24.7. The predicted molar refractivity (Wildman–Crippen MR) is 155 cm³/mol. The van der Waals surface area contributed by atoms with Gasteiger partial charge in [0.15, 0.2) is 0 Å². The Kier molecular flexibility index (Phi) is 10.4. The van der Waals surface area contributed by atoms with Crippen molar-refractivity contribution in [3.05, 3.63) is 83.4 Å². The van der Waals surface area contributed by atoms with Gasteiger partial charge < -0.3 is 19.7 Å². The van der Waals surface area contributed by atoms with Crippen LogP contribution in [-0.4, -0.2) is 58.0 Å². The molecule has 214 valence electrons. The minimum atomic E-state index is -4.20. The molecule has 0 bridgehead atoms. The molecule has 9 nitrogen and oxygen atoms in total. The van der Waals surface area contributed by atoms with Crippen LogP contribution < -0.4 is 19.1 Å². The largest absolute Gasteiger partial charge is 0.497 e. The van der Waals surface area contributed by atoms with E-state index in [9.17, 15) is 18.0 Å². The first-order valence-corrected chi connectivity index (χ1v) is 14.4. The monoisotopic (exact) mass is 587 g/mol. The van der Waals surface area contributed by atoms with E-state index in [1.165, 1.54) is 48.4 Å². The minimum Gasteiger partial charge on any atom is -0.497 e. The molecule has 0 unspecified atom stereocenters. The number of nitrogens with one attached hydrogen (secondary N) is 1. The van der Waals surface area contributed by atoms with Crippen LogP contribution >= 0.6 is 11.6 Å². The summed E-state index contributed by atoms with van der Waals surface area (Å²) < 4.78 is 39.1. The Morgan fingerprint density at radius 1 is 0.850 bits per heavy atom. The Hall–Kier alpha value is -3.76. The van der Waals surface area contributed by atoms with Crippen LogP contribution in [0.5, 0.6) is 11.5 Å². The number of sulfonamides is 1. The van der Waals surface area contributed by atoms with Gasteiger partial charge in [-0.3, -0.25) is 13.9 Å². The molecule has 3 rings (SSSR count). The van der Waals surface area contributed by atoms with Gasteiger partial charge in [-0.05, 0) is 87.0 Å². The molecule has 2 amide bonds. The average molecular weight is 588 g/mol. The zero-order chi connectivity index (χ0) is 29.4. The molecule has 40 heavy (non-hydrogen) atoms. The van der Waals surface area contributed by atoms with Gasteiger partial charge in [-0.25, -0.2) is 8.42 Å². The number of benzene rings is 3. The lowest BCUT2D eigenvalue weighted by Crippen LogP contribution is -2.52. The summed E-state index contributed by atoms with van der Waals surface area (Å²) in [5.41, 5.74) is 0.992. The van der Waals surface area contributed by atoms with Gasteiger partial charge in [0, 0.05) is 17.6 Å². The Balaban J connectivity index is 2.01. The number of hydrogen-bond acceptors (Lipinski definition) is 6. The molecule has 0 aromatic heterocycles. The molecule has 0 saturated heterocycles. The molecule has 0 saturated carbocycles. The maximum atomic E-state index is 13.9. The number of rotatable bonds is 12. The van der Waals surface area contributed by atoms with E-state index in [2.05, 4.69) is 5.32 Å². The van der Waals surface area contributed by atoms with Crippen molar-refractivity contribution < 1.29 is 27.5 Å². The smallest absolute Gasteiger partial charge is 0.264 e. The number of carbonyl (C=O) groups excluding carboxylic acids is 2. The lowest BCUT2D eigenvalue weighted by molar-refractivity contribution is -0.139. The van der Waals surface area contributed by atoms with Crippen molar-refractivity contribution in [1.82, 2.24) is 10.2 Å². The van der Waals surface area contributed by atoms with E-state index in [1.807, 2.05) is 13.8 Å².